The second kappa shape index (κ2) is 10.5. The maximum Gasteiger partial charge on any atom is 0.0782 e. The van der Waals surface area contributed by atoms with Gasteiger partial charge in [-0.15, -0.1) is 0 Å². The number of hydrogen-bond acceptors (Lipinski definition) is 0. The molecule has 17 heavy (non-hydrogen) atoms. The summed E-state index contributed by atoms with van der Waals surface area (Å²) in [6.45, 7) is 8.48. The van der Waals surface area contributed by atoms with Crippen LogP contribution in [0.1, 0.15) is 27.7 Å². The number of allylic oxidation sites excluding steroid dienone is 8. The SMILES string of the molecule is C/C=C/C[P+](C/C=C/C)(C/C=C/C)C/C=C/C. The predicted octanol–water partition coefficient (Wildman–Crippen LogP) is 5.31. The average Bonchev–Trinajstić information content (AvgIpc) is 2.37. The Morgan fingerprint density at radius 1 is 0.529 bits per heavy atom. The first-order valence-corrected chi connectivity index (χ1v) is 9.07. The highest BCUT2D eigenvalue weighted by Crippen LogP contribution is 2.59. The van der Waals surface area contributed by atoms with Crippen molar-refractivity contribution in [3.8, 4) is 0 Å². The molecule has 0 atom stereocenters. The van der Waals surface area contributed by atoms with Crippen molar-refractivity contribution in [2.24, 2.45) is 0 Å². The lowest BCUT2D eigenvalue weighted by molar-refractivity contribution is 1.42. The molecule has 0 saturated heterocycles. The van der Waals surface area contributed by atoms with Crippen LogP contribution in [0, 0.1) is 0 Å². The van der Waals surface area contributed by atoms with E-state index >= 15 is 0 Å². The first kappa shape index (κ1) is 16.4. The molecule has 0 amide bonds. The molecule has 1 heteroatoms. The van der Waals surface area contributed by atoms with E-state index in [4.69, 9.17) is 0 Å². The van der Waals surface area contributed by atoms with E-state index in [0.29, 0.717) is 0 Å². The second-order valence-electron chi connectivity index (χ2n) is 4.35. The molecule has 0 radical (unpaired) electrons. The molecule has 96 valence electrons. The molecule has 0 spiro atoms. The van der Waals surface area contributed by atoms with Crippen LogP contribution in [-0.2, 0) is 0 Å². The van der Waals surface area contributed by atoms with E-state index in [1.54, 1.807) is 0 Å². The fourth-order valence-corrected chi connectivity index (χ4v) is 5.29. The third kappa shape index (κ3) is 7.34. The topological polar surface area (TPSA) is 0 Å². The normalized spacial score (nSPS) is 13.9. The number of rotatable bonds is 8. The highest BCUT2D eigenvalue weighted by Gasteiger charge is 2.31. The van der Waals surface area contributed by atoms with Gasteiger partial charge in [0, 0.05) is 7.26 Å². The Balaban J connectivity index is 4.87. The average molecular weight is 251 g/mol. The van der Waals surface area contributed by atoms with Crippen LogP contribution >= 0.6 is 7.26 Å². The minimum Gasteiger partial charge on any atom is -0.0881 e. The van der Waals surface area contributed by atoms with Gasteiger partial charge in [-0.25, -0.2) is 0 Å². The molecule has 0 aliphatic heterocycles. The lowest BCUT2D eigenvalue weighted by atomic mass is 10.6. The van der Waals surface area contributed by atoms with Crippen LogP contribution in [0.4, 0.5) is 0 Å². The van der Waals surface area contributed by atoms with E-state index < -0.39 is 7.26 Å². The van der Waals surface area contributed by atoms with Crippen LogP contribution in [0.2, 0.25) is 0 Å². The zero-order chi connectivity index (χ0) is 13.0. The van der Waals surface area contributed by atoms with E-state index in [1.165, 1.54) is 24.6 Å². The van der Waals surface area contributed by atoms with Crippen LogP contribution in [0.5, 0.6) is 0 Å². The maximum absolute atomic E-state index is 2.35. The van der Waals surface area contributed by atoms with Gasteiger partial charge in [-0.05, 0) is 27.7 Å². The molecule has 0 aromatic heterocycles. The molecule has 0 N–H and O–H groups in total. The Morgan fingerprint density at radius 2 is 0.765 bits per heavy atom. The zero-order valence-corrected chi connectivity index (χ0v) is 12.8. The van der Waals surface area contributed by atoms with Gasteiger partial charge in [-0.1, -0.05) is 48.6 Å². The first-order valence-electron chi connectivity index (χ1n) is 6.54. The highest BCUT2D eigenvalue weighted by atomic mass is 31.2. The molecule has 0 aromatic carbocycles. The lowest BCUT2D eigenvalue weighted by Crippen LogP contribution is -2.08. The summed E-state index contributed by atoms with van der Waals surface area (Å²) in [6, 6.07) is 0. The Bertz CT molecular complexity index is 220. The van der Waals surface area contributed by atoms with Gasteiger partial charge in [0.15, 0.2) is 0 Å². The Morgan fingerprint density at radius 3 is 0.941 bits per heavy atom. The smallest absolute Gasteiger partial charge is 0.0782 e. The highest BCUT2D eigenvalue weighted by molar-refractivity contribution is 7.76. The van der Waals surface area contributed by atoms with Gasteiger partial charge >= 0.3 is 0 Å². The fourth-order valence-electron chi connectivity index (χ4n) is 1.76. The van der Waals surface area contributed by atoms with E-state index in [0.717, 1.165) is 0 Å². The fraction of sp³-hybridized carbons (Fsp3) is 0.500. The molecular weight excluding hydrogens is 223 g/mol. The minimum atomic E-state index is -0.909. The molecule has 0 nitrogen and oxygen atoms in total. The summed E-state index contributed by atoms with van der Waals surface area (Å²) < 4.78 is 0. The standard InChI is InChI=1S/C16H28P/c1-5-9-13-17(14-10-6-2,15-11-7-3)16-12-8-4/h5-12H,13-16H2,1-4H3/q+1/b9-5+,10-6+,11-7+,12-8+. The molecule has 0 aliphatic rings. The molecule has 0 heterocycles. The quantitative estimate of drug-likeness (QED) is 0.405. The van der Waals surface area contributed by atoms with Crippen molar-refractivity contribution in [1.82, 2.24) is 0 Å². The van der Waals surface area contributed by atoms with E-state index in [2.05, 4.69) is 76.3 Å². The molecule has 0 rings (SSSR count). The molecule has 0 bridgehead atoms. The third-order valence-electron chi connectivity index (χ3n) is 2.91. The molecule has 0 aliphatic carbocycles. The third-order valence-corrected chi connectivity index (χ3v) is 6.86. The summed E-state index contributed by atoms with van der Waals surface area (Å²) in [5.74, 6) is 0. The van der Waals surface area contributed by atoms with E-state index in [1.807, 2.05) is 0 Å². The largest absolute Gasteiger partial charge is 0.0881 e. The Labute approximate surface area is 109 Å². The van der Waals surface area contributed by atoms with Gasteiger partial charge in [0.2, 0.25) is 0 Å². The molecule has 0 fully saturated rings. The van der Waals surface area contributed by atoms with Gasteiger partial charge < -0.3 is 0 Å². The van der Waals surface area contributed by atoms with Gasteiger partial charge in [-0.2, -0.15) is 0 Å². The van der Waals surface area contributed by atoms with Gasteiger partial charge in [-0.3, -0.25) is 0 Å². The van der Waals surface area contributed by atoms with Crippen molar-refractivity contribution in [3.63, 3.8) is 0 Å². The summed E-state index contributed by atoms with van der Waals surface area (Å²) in [7, 11) is -0.909. The summed E-state index contributed by atoms with van der Waals surface area (Å²) in [4.78, 5) is 0. The van der Waals surface area contributed by atoms with Crippen LogP contribution in [0.25, 0.3) is 0 Å². The predicted molar refractivity (Wildman–Crippen MR) is 85.6 cm³/mol. The van der Waals surface area contributed by atoms with Gasteiger partial charge in [0.25, 0.3) is 0 Å². The first-order chi connectivity index (χ1) is 8.24. The van der Waals surface area contributed by atoms with Crippen molar-refractivity contribution < 1.29 is 0 Å². The summed E-state index contributed by atoms with van der Waals surface area (Å²) in [6.07, 6.45) is 23.2. The summed E-state index contributed by atoms with van der Waals surface area (Å²) in [5, 5.41) is 0. The summed E-state index contributed by atoms with van der Waals surface area (Å²) in [5.41, 5.74) is 0. The monoisotopic (exact) mass is 251 g/mol. The summed E-state index contributed by atoms with van der Waals surface area (Å²) >= 11 is 0. The second-order valence-corrected chi connectivity index (χ2v) is 8.49. The van der Waals surface area contributed by atoms with Gasteiger partial charge in [0.1, 0.15) is 0 Å². The van der Waals surface area contributed by atoms with Crippen LogP contribution in [0.15, 0.2) is 48.6 Å². The van der Waals surface area contributed by atoms with Crippen molar-refractivity contribution >= 4 is 7.26 Å². The van der Waals surface area contributed by atoms with Crippen LogP contribution < -0.4 is 0 Å². The molecule has 0 saturated carbocycles. The molecular formula is C16H28P+. The maximum atomic E-state index is 2.35. The van der Waals surface area contributed by atoms with Crippen molar-refractivity contribution in [1.29, 1.82) is 0 Å². The Kier molecular flexibility index (Phi) is 10.2. The van der Waals surface area contributed by atoms with E-state index in [-0.39, 0.29) is 0 Å². The van der Waals surface area contributed by atoms with Crippen molar-refractivity contribution in [2.45, 2.75) is 27.7 Å². The van der Waals surface area contributed by atoms with E-state index in [9.17, 15) is 0 Å². The van der Waals surface area contributed by atoms with Crippen molar-refractivity contribution in [2.75, 3.05) is 24.6 Å². The van der Waals surface area contributed by atoms with Gasteiger partial charge in [0.05, 0.1) is 24.6 Å². The van der Waals surface area contributed by atoms with Crippen LogP contribution in [-0.4, -0.2) is 24.6 Å². The minimum absolute atomic E-state index is 0.909. The van der Waals surface area contributed by atoms with Crippen molar-refractivity contribution in [3.05, 3.63) is 48.6 Å². The Hall–Kier alpha value is -0.610. The molecule has 0 unspecified atom stereocenters. The lowest BCUT2D eigenvalue weighted by Gasteiger charge is -2.23. The molecule has 0 aromatic rings. The number of hydrogen-bond donors (Lipinski definition) is 0. The van der Waals surface area contributed by atoms with Crippen LogP contribution in [0.3, 0.4) is 0 Å². The zero-order valence-electron chi connectivity index (χ0n) is 11.9.